The number of hydrogen-bond donors (Lipinski definition) is 3. The van der Waals surface area contributed by atoms with Crippen molar-refractivity contribution in [3.63, 3.8) is 0 Å². The minimum atomic E-state index is 0.152. The largest absolute Gasteiger partial charge is 0.370 e. The second-order valence-electron chi connectivity index (χ2n) is 8.02. The molecule has 1 saturated heterocycles. The Bertz CT molecular complexity index is 894. The van der Waals surface area contributed by atoms with Gasteiger partial charge in [0.25, 0.3) is 0 Å². The summed E-state index contributed by atoms with van der Waals surface area (Å²) in [6.45, 7) is 10.4. The predicted octanol–water partition coefficient (Wildman–Crippen LogP) is 2.30. The molecule has 172 valence electrons. The van der Waals surface area contributed by atoms with Crippen molar-refractivity contribution >= 4 is 30.3 Å². The average molecular weight is 439 g/mol. The lowest BCUT2D eigenvalue weighted by molar-refractivity contribution is -0.115. The number of carbonyl (C=O) groups excluding carboxylic acids is 1. The number of aliphatic imine (C=N–C) groups is 1. The highest BCUT2D eigenvalue weighted by atomic mass is 16.1. The molecule has 1 amide bonds. The van der Waals surface area contributed by atoms with Gasteiger partial charge < -0.3 is 21.3 Å². The van der Waals surface area contributed by atoms with Crippen LogP contribution < -0.4 is 16.4 Å². The third-order valence-corrected chi connectivity index (χ3v) is 5.43. The van der Waals surface area contributed by atoms with Gasteiger partial charge in [-0.25, -0.2) is 4.99 Å². The summed E-state index contributed by atoms with van der Waals surface area (Å²) in [7, 11) is 0. The number of nitrogens with one attached hydrogen (secondary N) is 2. The molecule has 0 bridgehead atoms. The molecular formula is C23H34N8O. The molecule has 1 aliphatic rings. The van der Waals surface area contributed by atoms with E-state index in [0.29, 0.717) is 18.2 Å². The van der Waals surface area contributed by atoms with E-state index in [0.717, 1.165) is 69.6 Å². The Kier molecular flexibility index (Phi) is 8.94. The van der Waals surface area contributed by atoms with Gasteiger partial charge in [-0.3, -0.25) is 9.69 Å². The monoisotopic (exact) mass is 438 g/mol. The number of nitrogens with zero attached hydrogens (tertiary/aromatic N) is 5. The van der Waals surface area contributed by atoms with E-state index in [1.54, 1.807) is 0 Å². The van der Waals surface area contributed by atoms with Gasteiger partial charge in [0.05, 0.1) is 12.9 Å². The molecule has 3 rings (SSSR count). The predicted molar refractivity (Wildman–Crippen MR) is 129 cm³/mol. The lowest BCUT2D eigenvalue weighted by atomic mass is 10.1. The highest BCUT2D eigenvalue weighted by Crippen LogP contribution is 2.23. The zero-order valence-electron chi connectivity index (χ0n) is 19.0. The topological polar surface area (TPSA) is 112 Å². The molecule has 1 aromatic carbocycles. The summed E-state index contributed by atoms with van der Waals surface area (Å²) in [6.07, 6.45) is 4.38. The number of rotatable bonds is 11. The van der Waals surface area contributed by atoms with E-state index in [1.807, 2.05) is 6.92 Å². The van der Waals surface area contributed by atoms with Crippen LogP contribution in [0.5, 0.6) is 0 Å². The average Bonchev–Trinajstić information content (AvgIpc) is 2.81. The molecule has 1 aromatic heterocycles. The first kappa shape index (κ1) is 23.6. The highest BCUT2D eigenvalue weighted by molar-refractivity contribution is 5.75. The standard InChI is InChI=1S/C23H34N8O/c1-3-4-9-26-21-18(2)22(29-23(24)28-21)27-16-31(17-32)15-20-7-5-19(6-8-20)14-30-12-10-25-11-13-30/h5-8,16-17,25H,3-4,9-15H2,1-2H3,(H3,24,26,28,29)/b27-16-. The molecule has 0 unspecified atom stereocenters. The summed E-state index contributed by atoms with van der Waals surface area (Å²) in [5.74, 6) is 1.28. The van der Waals surface area contributed by atoms with E-state index in [1.165, 1.54) is 16.8 Å². The van der Waals surface area contributed by atoms with Crippen LogP contribution in [0.15, 0.2) is 29.3 Å². The van der Waals surface area contributed by atoms with Gasteiger partial charge in [-0.1, -0.05) is 37.6 Å². The Labute approximate surface area is 190 Å². The molecule has 9 nitrogen and oxygen atoms in total. The maximum absolute atomic E-state index is 11.6. The highest BCUT2D eigenvalue weighted by Gasteiger charge is 2.11. The molecule has 0 atom stereocenters. The minimum Gasteiger partial charge on any atom is -0.370 e. The van der Waals surface area contributed by atoms with Crippen LogP contribution in [0.4, 0.5) is 17.6 Å². The van der Waals surface area contributed by atoms with Gasteiger partial charge in [0.1, 0.15) is 5.82 Å². The summed E-state index contributed by atoms with van der Waals surface area (Å²) in [5.41, 5.74) is 8.96. The molecule has 0 saturated carbocycles. The summed E-state index contributed by atoms with van der Waals surface area (Å²) in [4.78, 5) is 28.4. The van der Waals surface area contributed by atoms with Crippen molar-refractivity contribution in [1.82, 2.24) is 25.1 Å². The van der Waals surface area contributed by atoms with Crippen LogP contribution in [0.25, 0.3) is 0 Å². The van der Waals surface area contributed by atoms with E-state index in [-0.39, 0.29) is 5.95 Å². The minimum absolute atomic E-state index is 0.152. The number of nitrogens with two attached hydrogens (primary N) is 1. The second-order valence-corrected chi connectivity index (χ2v) is 8.02. The number of amides is 1. The van der Waals surface area contributed by atoms with Gasteiger partial charge in [0.15, 0.2) is 5.82 Å². The number of unbranched alkanes of at least 4 members (excludes halogenated alkanes) is 1. The van der Waals surface area contributed by atoms with Crippen molar-refractivity contribution in [2.24, 2.45) is 4.99 Å². The van der Waals surface area contributed by atoms with Crippen LogP contribution in [0.1, 0.15) is 36.5 Å². The van der Waals surface area contributed by atoms with Crippen LogP contribution in [-0.4, -0.2) is 65.2 Å². The van der Waals surface area contributed by atoms with Crippen LogP contribution in [0, 0.1) is 6.92 Å². The molecule has 0 radical (unpaired) electrons. The number of nitrogen functional groups attached to an aromatic ring is 1. The first-order chi connectivity index (χ1) is 15.6. The molecule has 1 fully saturated rings. The maximum atomic E-state index is 11.6. The number of carbonyl (C=O) groups is 1. The van der Waals surface area contributed by atoms with Crippen molar-refractivity contribution in [2.45, 2.75) is 39.8 Å². The van der Waals surface area contributed by atoms with E-state index in [4.69, 9.17) is 5.73 Å². The molecule has 2 aromatic rings. The number of piperazine rings is 1. The lowest BCUT2D eigenvalue weighted by Gasteiger charge is -2.27. The fraction of sp³-hybridized carbons (Fsp3) is 0.478. The van der Waals surface area contributed by atoms with Crippen LogP contribution in [-0.2, 0) is 17.9 Å². The number of benzene rings is 1. The zero-order chi connectivity index (χ0) is 22.8. The fourth-order valence-corrected chi connectivity index (χ4v) is 3.53. The normalized spacial score (nSPS) is 14.6. The molecule has 4 N–H and O–H groups in total. The molecule has 9 heteroatoms. The van der Waals surface area contributed by atoms with E-state index < -0.39 is 0 Å². The third-order valence-electron chi connectivity index (χ3n) is 5.43. The Morgan fingerprint density at radius 3 is 2.62 bits per heavy atom. The van der Waals surface area contributed by atoms with E-state index in [9.17, 15) is 4.79 Å². The molecule has 0 aliphatic carbocycles. The Balaban J connectivity index is 1.62. The fourth-order valence-electron chi connectivity index (χ4n) is 3.53. The smallest absolute Gasteiger partial charge is 0.224 e. The van der Waals surface area contributed by atoms with Crippen molar-refractivity contribution in [3.05, 3.63) is 41.0 Å². The molecular weight excluding hydrogens is 404 g/mol. The van der Waals surface area contributed by atoms with Gasteiger partial charge in [-0.15, -0.1) is 0 Å². The Morgan fingerprint density at radius 1 is 1.22 bits per heavy atom. The summed E-state index contributed by atoms with van der Waals surface area (Å²) in [6, 6.07) is 8.37. The van der Waals surface area contributed by atoms with E-state index in [2.05, 4.69) is 61.7 Å². The summed E-state index contributed by atoms with van der Waals surface area (Å²) < 4.78 is 0. The van der Waals surface area contributed by atoms with Gasteiger partial charge in [-0.2, -0.15) is 9.97 Å². The second kappa shape index (κ2) is 12.1. The molecule has 32 heavy (non-hydrogen) atoms. The van der Waals surface area contributed by atoms with E-state index >= 15 is 0 Å². The van der Waals surface area contributed by atoms with Gasteiger partial charge >= 0.3 is 0 Å². The van der Waals surface area contributed by atoms with Crippen molar-refractivity contribution in [1.29, 1.82) is 0 Å². The maximum Gasteiger partial charge on any atom is 0.224 e. The van der Waals surface area contributed by atoms with Crippen molar-refractivity contribution in [2.75, 3.05) is 43.8 Å². The van der Waals surface area contributed by atoms with Crippen LogP contribution >= 0.6 is 0 Å². The van der Waals surface area contributed by atoms with Gasteiger partial charge in [0, 0.05) is 44.8 Å². The molecule has 1 aliphatic heterocycles. The first-order valence-corrected chi connectivity index (χ1v) is 11.2. The number of hydrogen-bond acceptors (Lipinski definition) is 8. The SMILES string of the molecule is CCCCNc1nc(N)nc(/N=C\N(C=O)Cc2ccc(CN3CCNCC3)cc2)c1C. The van der Waals surface area contributed by atoms with Crippen molar-refractivity contribution in [3.8, 4) is 0 Å². The zero-order valence-corrected chi connectivity index (χ0v) is 19.0. The third kappa shape index (κ3) is 7.00. The quantitative estimate of drug-likeness (QED) is 0.214. The Hall–Kier alpha value is -3.04. The molecule has 2 heterocycles. The van der Waals surface area contributed by atoms with Crippen molar-refractivity contribution < 1.29 is 4.79 Å². The summed E-state index contributed by atoms with van der Waals surface area (Å²) >= 11 is 0. The first-order valence-electron chi connectivity index (χ1n) is 11.2. The summed E-state index contributed by atoms with van der Waals surface area (Å²) in [5, 5.41) is 6.65. The molecule has 0 spiro atoms. The Morgan fingerprint density at radius 2 is 1.94 bits per heavy atom. The van der Waals surface area contributed by atoms with Gasteiger partial charge in [-0.05, 0) is 24.5 Å². The van der Waals surface area contributed by atoms with Crippen LogP contribution in [0.3, 0.4) is 0 Å². The number of aromatic nitrogens is 2. The lowest BCUT2D eigenvalue weighted by Crippen LogP contribution is -2.42. The number of anilines is 2. The van der Waals surface area contributed by atoms with Crippen LogP contribution in [0.2, 0.25) is 0 Å². The van der Waals surface area contributed by atoms with Gasteiger partial charge in [0.2, 0.25) is 12.4 Å².